The molecular formula is C18H27N3O2. The van der Waals surface area contributed by atoms with Gasteiger partial charge in [-0.25, -0.2) is 0 Å². The fourth-order valence-corrected chi connectivity index (χ4v) is 2.71. The van der Waals surface area contributed by atoms with E-state index in [0.29, 0.717) is 5.92 Å². The smallest absolute Gasteiger partial charge is 0.242 e. The van der Waals surface area contributed by atoms with Gasteiger partial charge in [-0.05, 0) is 30.7 Å². The summed E-state index contributed by atoms with van der Waals surface area (Å²) in [6.07, 6.45) is 0. The molecule has 1 fully saturated rings. The van der Waals surface area contributed by atoms with Crippen LogP contribution < -0.4 is 4.90 Å². The number of amides is 2. The van der Waals surface area contributed by atoms with Gasteiger partial charge in [0.2, 0.25) is 11.8 Å². The van der Waals surface area contributed by atoms with Gasteiger partial charge < -0.3 is 14.7 Å². The number of carbonyl (C=O) groups excluding carboxylic acids is 2. The zero-order chi connectivity index (χ0) is 17.0. The van der Waals surface area contributed by atoms with E-state index in [1.54, 1.807) is 4.90 Å². The minimum Gasteiger partial charge on any atom is -0.339 e. The van der Waals surface area contributed by atoms with Gasteiger partial charge in [0.05, 0.1) is 0 Å². The number of nitrogens with zero attached hydrogens (tertiary/aromatic N) is 3. The maximum absolute atomic E-state index is 12.5. The van der Waals surface area contributed by atoms with Crippen molar-refractivity contribution in [3.05, 3.63) is 29.8 Å². The molecule has 0 unspecified atom stereocenters. The number of piperazine rings is 1. The van der Waals surface area contributed by atoms with Gasteiger partial charge in [-0.2, -0.15) is 0 Å². The second-order valence-corrected chi connectivity index (χ2v) is 6.54. The van der Waals surface area contributed by atoms with Gasteiger partial charge in [-0.3, -0.25) is 9.59 Å². The van der Waals surface area contributed by atoms with Crippen LogP contribution in [0.1, 0.15) is 32.3 Å². The summed E-state index contributed by atoms with van der Waals surface area (Å²) in [4.78, 5) is 30.1. The fourth-order valence-electron chi connectivity index (χ4n) is 2.71. The third kappa shape index (κ3) is 4.55. The molecule has 2 amide bonds. The quantitative estimate of drug-likeness (QED) is 0.852. The van der Waals surface area contributed by atoms with Crippen LogP contribution in [0.5, 0.6) is 0 Å². The molecule has 5 nitrogen and oxygen atoms in total. The Morgan fingerprint density at radius 3 is 2.13 bits per heavy atom. The first-order chi connectivity index (χ1) is 10.9. The van der Waals surface area contributed by atoms with Crippen molar-refractivity contribution in [3.63, 3.8) is 0 Å². The molecule has 2 rings (SSSR count). The molecule has 0 saturated carbocycles. The summed E-state index contributed by atoms with van der Waals surface area (Å²) in [6, 6.07) is 7.90. The van der Waals surface area contributed by atoms with E-state index in [-0.39, 0.29) is 18.4 Å². The first-order valence-corrected chi connectivity index (χ1v) is 8.23. The molecule has 1 saturated heterocycles. The lowest BCUT2D eigenvalue weighted by Gasteiger charge is -2.33. The minimum atomic E-state index is -0.107. The predicted octanol–water partition coefficient (Wildman–Crippen LogP) is 1.94. The Morgan fingerprint density at radius 1 is 1.09 bits per heavy atom. The van der Waals surface area contributed by atoms with E-state index >= 15 is 0 Å². The lowest BCUT2D eigenvalue weighted by molar-refractivity contribution is -0.132. The van der Waals surface area contributed by atoms with Crippen LogP contribution in [-0.4, -0.2) is 61.4 Å². The zero-order valence-corrected chi connectivity index (χ0v) is 14.6. The van der Waals surface area contributed by atoms with Gasteiger partial charge >= 0.3 is 0 Å². The number of likely N-dealkylation sites (N-methyl/N-ethyl adjacent to an activating group) is 1. The molecule has 1 aliphatic heterocycles. The van der Waals surface area contributed by atoms with E-state index in [2.05, 4.69) is 25.8 Å². The number of anilines is 1. The first kappa shape index (κ1) is 17.5. The molecule has 5 heteroatoms. The van der Waals surface area contributed by atoms with Gasteiger partial charge in [0, 0.05) is 38.8 Å². The van der Waals surface area contributed by atoms with Gasteiger partial charge in [-0.1, -0.05) is 26.0 Å². The van der Waals surface area contributed by atoms with E-state index < -0.39 is 0 Å². The molecule has 126 valence electrons. The molecule has 1 aliphatic rings. The summed E-state index contributed by atoms with van der Waals surface area (Å²) in [5, 5.41) is 0. The highest BCUT2D eigenvalue weighted by molar-refractivity contribution is 5.97. The van der Waals surface area contributed by atoms with Crippen LogP contribution >= 0.6 is 0 Å². The van der Waals surface area contributed by atoms with Crippen LogP contribution in [0, 0.1) is 0 Å². The van der Waals surface area contributed by atoms with Crippen LogP contribution in [0.4, 0.5) is 5.69 Å². The Morgan fingerprint density at radius 2 is 1.65 bits per heavy atom. The molecule has 0 spiro atoms. The zero-order valence-electron chi connectivity index (χ0n) is 14.6. The summed E-state index contributed by atoms with van der Waals surface area (Å²) in [5.74, 6) is 0.354. The van der Waals surface area contributed by atoms with E-state index in [0.717, 1.165) is 31.9 Å². The lowest BCUT2D eigenvalue weighted by Crippen LogP contribution is -2.50. The Labute approximate surface area is 138 Å². The molecule has 0 atom stereocenters. The highest BCUT2D eigenvalue weighted by Crippen LogP contribution is 2.20. The van der Waals surface area contributed by atoms with E-state index in [1.165, 1.54) is 12.5 Å². The highest BCUT2D eigenvalue weighted by Gasteiger charge is 2.23. The lowest BCUT2D eigenvalue weighted by atomic mass is 10.0. The molecule has 23 heavy (non-hydrogen) atoms. The molecule has 1 aromatic carbocycles. The van der Waals surface area contributed by atoms with Crippen LogP contribution in [0.2, 0.25) is 0 Å². The standard InChI is InChI=1S/C18H27N3O2/c1-14(2)16-5-7-17(8-6-16)21(15(3)22)13-18(23)20-11-9-19(4)10-12-20/h5-8,14H,9-13H2,1-4H3. The predicted molar refractivity (Wildman–Crippen MR) is 92.6 cm³/mol. The van der Waals surface area contributed by atoms with Gasteiger partial charge in [0.1, 0.15) is 6.54 Å². The molecule has 1 heterocycles. The van der Waals surface area contributed by atoms with Crippen molar-refractivity contribution in [1.82, 2.24) is 9.80 Å². The molecule has 0 N–H and O–H groups in total. The number of carbonyl (C=O) groups is 2. The molecule has 1 aromatic rings. The Bertz CT molecular complexity index is 546. The van der Waals surface area contributed by atoms with E-state index in [9.17, 15) is 9.59 Å². The molecule has 0 bridgehead atoms. The van der Waals surface area contributed by atoms with E-state index in [4.69, 9.17) is 0 Å². The number of hydrogen-bond acceptors (Lipinski definition) is 3. The summed E-state index contributed by atoms with van der Waals surface area (Å²) in [5.41, 5.74) is 2.01. The van der Waals surface area contributed by atoms with Crippen LogP contribution in [0.15, 0.2) is 24.3 Å². The highest BCUT2D eigenvalue weighted by atomic mass is 16.2. The summed E-state index contributed by atoms with van der Waals surface area (Å²) >= 11 is 0. The minimum absolute atomic E-state index is 0.0150. The Kier molecular flexibility index (Phi) is 5.77. The summed E-state index contributed by atoms with van der Waals surface area (Å²) in [6.45, 7) is 9.11. The van der Waals surface area contributed by atoms with Gasteiger partial charge in [-0.15, -0.1) is 0 Å². The SMILES string of the molecule is CC(=O)N(CC(=O)N1CCN(C)CC1)c1ccc(C(C)C)cc1. The first-order valence-electron chi connectivity index (χ1n) is 8.23. The summed E-state index contributed by atoms with van der Waals surface area (Å²) < 4.78 is 0. The van der Waals surface area contributed by atoms with Crippen molar-refractivity contribution in [2.45, 2.75) is 26.7 Å². The van der Waals surface area contributed by atoms with E-state index in [1.807, 2.05) is 29.2 Å². The number of rotatable bonds is 4. The average Bonchev–Trinajstić information content (AvgIpc) is 2.53. The summed E-state index contributed by atoms with van der Waals surface area (Å²) in [7, 11) is 2.06. The third-order valence-electron chi connectivity index (χ3n) is 4.40. The Balaban J connectivity index is 2.06. The van der Waals surface area contributed by atoms with Gasteiger partial charge in [0.25, 0.3) is 0 Å². The molecule has 0 radical (unpaired) electrons. The van der Waals surface area contributed by atoms with Crippen molar-refractivity contribution in [2.75, 3.05) is 44.7 Å². The van der Waals surface area contributed by atoms with Crippen molar-refractivity contribution < 1.29 is 9.59 Å². The van der Waals surface area contributed by atoms with Crippen molar-refractivity contribution >= 4 is 17.5 Å². The fraction of sp³-hybridized carbons (Fsp3) is 0.556. The third-order valence-corrected chi connectivity index (χ3v) is 4.40. The second kappa shape index (κ2) is 7.59. The van der Waals surface area contributed by atoms with Crippen LogP contribution in [-0.2, 0) is 9.59 Å². The van der Waals surface area contributed by atoms with Crippen LogP contribution in [0.3, 0.4) is 0 Å². The van der Waals surface area contributed by atoms with Gasteiger partial charge in [0.15, 0.2) is 0 Å². The van der Waals surface area contributed by atoms with Crippen molar-refractivity contribution in [3.8, 4) is 0 Å². The monoisotopic (exact) mass is 317 g/mol. The molecular weight excluding hydrogens is 290 g/mol. The molecule has 0 aromatic heterocycles. The van der Waals surface area contributed by atoms with Crippen LogP contribution in [0.25, 0.3) is 0 Å². The number of benzene rings is 1. The van der Waals surface area contributed by atoms with Crippen molar-refractivity contribution in [1.29, 1.82) is 0 Å². The Hall–Kier alpha value is -1.88. The maximum atomic E-state index is 12.5. The maximum Gasteiger partial charge on any atom is 0.242 e. The van der Waals surface area contributed by atoms with Crippen molar-refractivity contribution in [2.24, 2.45) is 0 Å². The largest absolute Gasteiger partial charge is 0.339 e. The molecule has 0 aliphatic carbocycles. The topological polar surface area (TPSA) is 43.9 Å². The second-order valence-electron chi connectivity index (χ2n) is 6.54. The normalized spacial score (nSPS) is 15.8. The number of hydrogen-bond donors (Lipinski definition) is 0. The average molecular weight is 317 g/mol.